The van der Waals surface area contributed by atoms with E-state index in [9.17, 15) is 4.79 Å². The fourth-order valence-electron chi connectivity index (χ4n) is 1.89. The van der Waals surface area contributed by atoms with Crippen LogP contribution in [0.2, 0.25) is 0 Å². The van der Waals surface area contributed by atoms with Crippen LogP contribution in [0, 0.1) is 6.92 Å². The summed E-state index contributed by atoms with van der Waals surface area (Å²) in [7, 11) is 1.65. The molecule has 0 aliphatic carbocycles. The zero-order chi connectivity index (χ0) is 14.4. The lowest BCUT2D eigenvalue weighted by molar-refractivity contribution is 0.0613. The largest absolute Gasteiger partial charge is 0.383 e. The van der Waals surface area contributed by atoms with Gasteiger partial charge in [0.15, 0.2) is 0 Å². The van der Waals surface area contributed by atoms with Crippen molar-refractivity contribution >= 4 is 21.8 Å². The summed E-state index contributed by atoms with van der Waals surface area (Å²) in [6, 6.07) is 6.04. The molecule has 0 aliphatic heterocycles. The van der Waals surface area contributed by atoms with E-state index in [0.717, 1.165) is 22.0 Å². The van der Waals surface area contributed by atoms with Crippen LogP contribution in [0.15, 0.2) is 22.7 Å². The molecule has 4 heteroatoms. The quantitative estimate of drug-likeness (QED) is 0.798. The highest BCUT2D eigenvalue weighted by Gasteiger charge is 2.22. The molecule has 0 aliphatic rings. The summed E-state index contributed by atoms with van der Waals surface area (Å²) < 4.78 is 5.94. The molecule has 19 heavy (non-hydrogen) atoms. The second-order valence-corrected chi connectivity index (χ2v) is 5.59. The Hall–Kier alpha value is -0.870. The van der Waals surface area contributed by atoms with Crippen LogP contribution in [-0.4, -0.2) is 37.1 Å². The van der Waals surface area contributed by atoms with Crippen LogP contribution >= 0.6 is 15.9 Å². The standard InChI is InChI=1S/C15H22BrNO2/c1-5-12(3)17(8-9-19-4)15(18)13-10-11(2)6-7-14(13)16/h6-7,10,12H,5,8-9H2,1-4H3. The zero-order valence-electron chi connectivity index (χ0n) is 12.1. The number of halogens is 1. The lowest BCUT2D eigenvalue weighted by Crippen LogP contribution is -2.40. The van der Waals surface area contributed by atoms with Gasteiger partial charge in [-0.05, 0) is 48.3 Å². The van der Waals surface area contributed by atoms with Gasteiger partial charge >= 0.3 is 0 Å². The molecule has 0 saturated carbocycles. The molecule has 1 amide bonds. The van der Waals surface area contributed by atoms with Gasteiger partial charge in [-0.25, -0.2) is 0 Å². The van der Waals surface area contributed by atoms with Gasteiger partial charge < -0.3 is 9.64 Å². The Bertz CT molecular complexity index is 434. The van der Waals surface area contributed by atoms with E-state index >= 15 is 0 Å². The van der Waals surface area contributed by atoms with Gasteiger partial charge in [0, 0.05) is 24.2 Å². The van der Waals surface area contributed by atoms with Crippen molar-refractivity contribution in [3.8, 4) is 0 Å². The van der Waals surface area contributed by atoms with Crippen LogP contribution in [0.5, 0.6) is 0 Å². The molecule has 0 aromatic heterocycles. The number of nitrogens with zero attached hydrogens (tertiary/aromatic N) is 1. The zero-order valence-corrected chi connectivity index (χ0v) is 13.7. The van der Waals surface area contributed by atoms with Gasteiger partial charge in [-0.3, -0.25) is 4.79 Å². The highest BCUT2D eigenvalue weighted by Crippen LogP contribution is 2.21. The van der Waals surface area contributed by atoms with E-state index in [1.807, 2.05) is 30.0 Å². The first kappa shape index (κ1) is 16.2. The lowest BCUT2D eigenvalue weighted by Gasteiger charge is -2.29. The van der Waals surface area contributed by atoms with E-state index in [2.05, 4.69) is 29.8 Å². The molecular formula is C15H22BrNO2. The second kappa shape index (κ2) is 7.65. The molecular weight excluding hydrogens is 306 g/mol. The summed E-state index contributed by atoms with van der Waals surface area (Å²) in [4.78, 5) is 14.5. The number of amides is 1. The average Bonchev–Trinajstić information content (AvgIpc) is 2.41. The summed E-state index contributed by atoms with van der Waals surface area (Å²) in [5, 5.41) is 0. The van der Waals surface area contributed by atoms with E-state index in [1.165, 1.54) is 0 Å². The molecule has 1 unspecified atom stereocenters. The summed E-state index contributed by atoms with van der Waals surface area (Å²) in [6.07, 6.45) is 0.929. The first-order valence-corrected chi connectivity index (χ1v) is 7.36. The minimum absolute atomic E-state index is 0.0574. The Morgan fingerprint density at radius 2 is 2.16 bits per heavy atom. The van der Waals surface area contributed by atoms with Crippen molar-refractivity contribution in [1.82, 2.24) is 4.90 Å². The predicted molar refractivity (Wildman–Crippen MR) is 81.5 cm³/mol. The Balaban J connectivity index is 3.00. The molecule has 0 radical (unpaired) electrons. The predicted octanol–water partition coefficient (Wildman–Crippen LogP) is 3.64. The topological polar surface area (TPSA) is 29.5 Å². The molecule has 1 atom stereocenters. The Kier molecular flexibility index (Phi) is 6.52. The van der Waals surface area contributed by atoms with Crippen LogP contribution in [0.3, 0.4) is 0 Å². The third-order valence-corrected chi connectivity index (χ3v) is 3.96. The van der Waals surface area contributed by atoms with E-state index in [1.54, 1.807) is 7.11 Å². The van der Waals surface area contributed by atoms with E-state index in [4.69, 9.17) is 4.74 Å². The third-order valence-electron chi connectivity index (χ3n) is 3.27. The van der Waals surface area contributed by atoms with E-state index in [-0.39, 0.29) is 11.9 Å². The normalized spacial score (nSPS) is 12.3. The molecule has 3 nitrogen and oxygen atoms in total. The summed E-state index contributed by atoms with van der Waals surface area (Å²) in [5.41, 5.74) is 1.80. The number of rotatable bonds is 6. The summed E-state index contributed by atoms with van der Waals surface area (Å²) >= 11 is 3.46. The molecule has 0 bridgehead atoms. The molecule has 0 saturated heterocycles. The molecule has 0 fully saturated rings. The van der Waals surface area contributed by atoms with Gasteiger partial charge in [0.05, 0.1) is 12.2 Å². The average molecular weight is 328 g/mol. The number of carbonyl (C=O) groups is 1. The monoisotopic (exact) mass is 327 g/mol. The number of methoxy groups -OCH3 is 1. The maximum Gasteiger partial charge on any atom is 0.255 e. The van der Waals surface area contributed by atoms with Gasteiger partial charge in [-0.15, -0.1) is 0 Å². The minimum atomic E-state index is 0.0574. The SMILES string of the molecule is CCC(C)N(CCOC)C(=O)c1cc(C)ccc1Br. The maximum atomic E-state index is 12.7. The third kappa shape index (κ3) is 4.32. The fourth-order valence-corrected chi connectivity index (χ4v) is 2.31. The van der Waals surface area contributed by atoms with Gasteiger partial charge in [-0.1, -0.05) is 18.6 Å². The van der Waals surface area contributed by atoms with Crippen LogP contribution in [0.25, 0.3) is 0 Å². The fraction of sp³-hybridized carbons (Fsp3) is 0.533. The van der Waals surface area contributed by atoms with Crippen molar-refractivity contribution in [3.05, 3.63) is 33.8 Å². The van der Waals surface area contributed by atoms with Crippen LogP contribution in [0.4, 0.5) is 0 Å². The van der Waals surface area contributed by atoms with Crippen molar-refractivity contribution in [2.24, 2.45) is 0 Å². The van der Waals surface area contributed by atoms with Crippen molar-refractivity contribution in [2.45, 2.75) is 33.2 Å². The number of hydrogen-bond donors (Lipinski definition) is 0. The van der Waals surface area contributed by atoms with Gasteiger partial charge in [0.1, 0.15) is 0 Å². The number of carbonyl (C=O) groups excluding carboxylic acids is 1. The minimum Gasteiger partial charge on any atom is -0.383 e. The number of benzene rings is 1. The Morgan fingerprint density at radius 1 is 1.47 bits per heavy atom. The summed E-state index contributed by atoms with van der Waals surface area (Å²) in [6.45, 7) is 7.32. The maximum absolute atomic E-state index is 12.7. The Labute approximate surface area is 124 Å². The molecule has 1 aromatic carbocycles. The van der Waals surface area contributed by atoms with Gasteiger partial charge in [0.2, 0.25) is 0 Å². The van der Waals surface area contributed by atoms with Gasteiger partial charge in [-0.2, -0.15) is 0 Å². The van der Waals surface area contributed by atoms with Crippen LogP contribution < -0.4 is 0 Å². The van der Waals surface area contributed by atoms with Crippen LogP contribution in [0.1, 0.15) is 36.2 Å². The number of hydrogen-bond acceptors (Lipinski definition) is 2. The number of ether oxygens (including phenoxy) is 1. The molecule has 1 aromatic rings. The van der Waals surface area contributed by atoms with Crippen molar-refractivity contribution in [3.63, 3.8) is 0 Å². The van der Waals surface area contributed by atoms with Crippen molar-refractivity contribution < 1.29 is 9.53 Å². The van der Waals surface area contributed by atoms with Gasteiger partial charge in [0.25, 0.3) is 5.91 Å². The van der Waals surface area contributed by atoms with Crippen molar-refractivity contribution in [1.29, 1.82) is 0 Å². The second-order valence-electron chi connectivity index (χ2n) is 4.73. The van der Waals surface area contributed by atoms with Crippen molar-refractivity contribution in [2.75, 3.05) is 20.3 Å². The summed E-state index contributed by atoms with van der Waals surface area (Å²) in [5.74, 6) is 0.0574. The van der Waals surface area contributed by atoms with E-state index in [0.29, 0.717) is 13.2 Å². The highest BCUT2D eigenvalue weighted by atomic mass is 79.9. The molecule has 106 valence electrons. The molecule has 0 heterocycles. The molecule has 0 spiro atoms. The van der Waals surface area contributed by atoms with Crippen LogP contribution in [-0.2, 0) is 4.74 Å². The van der Waals surface area contributed by atoms with E-state index < -0.39 is 0 Å². The highest BCUT2D eigenvalue weighted by molar-refractivity contribution is 9.10. The lowest BCUT2D eigenvalue weighted by atomic mass is 10.1. The molecule has 1 rings (SSSR count). The molecule has 0 N–H and O–H groups in total. The first-order chi connectivity index (χ1) is 9.01. The smallest absolute Gasteiger partial charge is 0.255 e. The Morgan fingerprint density at radius 3 is 2.74 bits per heavy atom. The first-order valence-electron chi connectivity index (χ1n) is 6.57. The number of aryl methyl sites for hydroxylation is 1.